The predicted octanol–water partition coefficient (Wildman–Crippen LogP) is 4.50. The maximum absolute atomic E-state index is 13.0. The molecule has 0 saturated heterocycles. The Balaban J connectivity index is 1.67. The molecular weight excluding hydrogens is 398 g/mol. The van der Waals surface area contributed by atoms with Crippen molar-refractivity contribution in [2.75, 3.05) is 6.54 Å². The van der Waals surface area contributed by atoms with Gasteiger partial charge in [-0.3, -0.25) is 9.59 Å². The van der Waals surface area contributed by atoms with E-state index in [2.05, 4.69) is 29.7 Å². The highest BCUT2D eigenvalue weighted by Gasteiger charge is 2.22. The van der Waals surface area contributed by atoms with Crippen LogP contribution in [0.2, 0.25) is 0 Å². The SMILES string of the molecule is CC(C)CC(=NNC(=O)CNC(=O)C(c1ccccc1)c1ccccc1)c1ccccc1. The summed E-state index contributed by atoms with van der Waals surface area (Å²) in [6, 6.07) is 28.9. The molecular formula is C27H29N3O2. The number of nitrogens with zero attached hydrogens (tertiary/aromatic N) is 1. The van der Waals surface area contributed by atoms with Crippen molar-refractivity contribution >= 4 is 17.5 Å². The standard InChI is InChI=1S/C27H29N3O2/c1-20(2)18-24(21-12-6-3-7-13-21)29-30-25(31)19-28-27(32)26(22-14-8-4-9-15-22)23-16-10-5-11-17-23/h3-17,20,26H,18-19H2,1-2H3,(H,28,32)(H,30,31). The normalized spacial score (nSPS) is 11.4. The molecule has 0 atom stereocenters. The van der Waals surface area contributed by atoms with E-state index in [1.807, 2.05) is 91.0 Å². The first kappa shape index (κ1) is 22.9. The molecule has 0 saturated carbocycles. The molecule has 0 spiro atoms. The van der Waals surface area contributed by atoms with Gasteiger partial charge in [0.25, 0.3) is 5.91 Å². The number of carbonyl (C=O) groups is 2. The monoisotopic (exact) mass is 427 g/mol. The Kier molecular flexibility index (Phi) is 8.32. The zero-order valence-electron chi connectivity index (χ0n) is 18.5. The maximum Gasteiger partial charge on any atom is 0.259 e. The van der Waals surface area contributed by atoms with Gasteiger partial charge in [-0.1, -0.05) is 105 Å². The fraction of sp³-hybridized carbons (Fsp3) is 0.222. The van der Waals surface area contributed by atoms with E-state index in [1.165, 1.54) is 0 Å². The van der Waals surface area contributed by atoms with Gasteiger partial charge in [0, 0.05) is 0 Å². The molecule has 2 amide bonds. The summed E-state index contributed by atoms with van der Waals surface area (Å²) in [7, 11) is 0. The van der Waals surface area contributed by atoms with Crippen molar-refractivity contribution in [1.82, 2.24) is 10.7 Å². The van der Waals surface area contributed by atoms with Gasteiger partial charge in [0.2, 0.25) is 5.91 Å². The van der Waals surface area contributed by atoms with Gasteiger partial charge in [0.05, 0.1) is 18.2 Å². The molecule has 0 aliphatic carbocycles. The van der Waals surface area contributed by atoms with Crippen LogP contribution in [0, 0.1) is 5.92 Å². The van der Waals surface area contributed by atoms with E-state index >= 15 is 0 Å². The van der Waals surface area contributed by atoms with Crippen molar-refractivity contribution in [1.29, 1.82) is 0 Å². The summed E-state index contributed by atoms with van der Waals surface area (Å²) < 4.78 is 0. The number of carbonyl (C=O) groups excluding carboxylic acids is 2. The summed E-state index contributed by atoms with van der Waals surface area (Å²) in [4.78, 5) is 25.5. The van der Waals surface area contributed by atoms with Gasteiger partial charge in [0.1, 0.15) is 0 Å². The summed E-state index contributed by atoms with van der Waals surface area (Å²) in [5.41, 5.74) is 6.12. The summed E-state index contributed by atoms with van der Waals surface area (Å²) >= 11 is 0. The Morgan fingerprint density at radius 1 is 0.781 bits per heavy atom. The lowest BCUT2D eigenvalue weighted by Crippen LogP contribution is -2.38. The third-order valence-electron chi connectivity index (χ3n) is 4.98. The Bertz CT molecular complexity index is 993. The van der Waals surface area contributed by atoms with Crippen LogP contribution in [-0.2, 0) is 9.59 Å². The molecule has 3 aromatic rings. The highest BCUT2D eigenvalue weighted by molar-refractivity contribution is 6.01. The quantitative estimate of drug-likeness (QED) is 0.390. The Morgan fingerprint density at radius 2 is 1.28 bits per heavy atom. The van der Waals surface area contributed by atoms with E-state index in [9.17, 15) is 9.59 Å². The number of rotatable bonds is 9. The van der Waals surface area contributed by atoms with Crippen LogP contribution in [0.5, 0.6) is 0 Å². The average Bonchev–Trinajstić information content (AvgIpc) is 2.82. The van der Waals surface area contributed by atoms with Crippen LogP contribution >= 0.6 is 0 Å². The average molecular weight is 428 g/mol. The molecule has 0 bridgehead atoms. The molecule has 32 heavy (non-hydrogen) atoms. The van der Waals surface area contributed by atoms with E-state index in [0.29, 0.717) is 5.92 Å². The van der Waals surface area contributed by atoms with Crippen LogP contribution in [0.25, 0.3) is 0 Å². The molecule has 3 rings (SSSR count). The smallest absolute Gasteiger partial charge is 0.259 e. The third-order valence-corrected chi connectivity index (χ3v) is 4.98. The molecule has 2 N–H and O–H groups in total. The van der Waals surface area contributed by atoms with Crippen LogP contribution in [0.4, 0.5) is 0 Å². The Hall–Kier alpha value is -3.73. The van der Waals surface area contributed by atoms with E-state index in [1.54, 1.807) is 0 Å². The van der Waals surface area contributed by atoms with E-state index in [-0.39, 0.29) is 18.4 Å². The Morgan fingerprint density at radius 3 is 1.78 bits per heavy atom. The molecule has 164 valence electrons. The zero-order chi connectivity index (χ0) is 22.8. The van der Waals surface area contributed by atoms with Crippen LogP contribution < -0.4 is 10.7 Å². The maximum atomic E-state index is 13.0. The molecule has 0 aliphatic heterocycles. The van der Waals surface area contributed by atoms with E-state index < -0.39 is 5.92 Å². The molecule has 0 heterocycles. The van der Waals surface area contributed by atoms with Gasteiger partial charge in [-0.25, -0.2) is 5.43 Å². The summed E-state index contributed by atoms with van der Waals surface area (Å²) in [5.74, 6) is -0.694. The minimum Gasteiger partial charge on any atom is -0.346 e. The van der Waals surface area contributed by atoms with Crippen LogP contribution in [0.1, 0.15) is 42.9 Å². The van der Waals surface area contributed by atoms with Crippen molar-refractivity contribution in [3.8, 4) is 0 Å². The zero-order valence-corrected chi connectivity index (χ0v) is 18.5. The molecule has 0 aliphatic rings. The highest BCUT2D eigenvalue weighted by atomic mass is 16.2. The summed E-state index contributed by atoms with van der Waals surface area (Å²) in [6.45, 7) is 4.06. The second kappa shape index (κ2) is 11.6. The van der Waals surface area contributed by atoms with Crippen molar-refractivity contribution < 1.29 is 9.59 Å². The van der Waals surface area contributed by atoms with Gasteiger partial charge < -0.3 is 5.32 Å². The number of hydrazone groups is 1. The lowest BCUT2D eigenvalue weighted by molar-refractivity contribution is -0.126. The van der Waals surface area contributed by atoms with Crippen molar-refractivity contribution in [2.24, 2.45) is 11.0 Å². The number of nitrogens with one attached hydrogen (secondary N) is 2. The van der Waals surface area contributed by atoms with Crippen molar-refractivity contribution in [3.05, 3.63) is 108 Å². The largest absolute Gasteiger partial charge is 0.346 e. The van der Waals surface area contributed by atoms with Gasteiger partial charge in [0.15, 0.2) is 0 Å². The molecule has 0 unspecified atom stereocenters. The minimum absolute atomic E-state index is 0.151. The summed E-state index contributed by atoms with van der Waals surface area (Å²) in [6.07, 6.45) is 0.737. The van der Waals surface area contributed by atoms with Gasteiger partial charge in [-0.15, -0.1) is 0 Å². The van der Waals surface area contributed by atoms with Crippen LogP contribution in [0.15, 0.2) is 96.1 Å². The number of benzene rings is 3. The number of hydrogen-bond acceptors (Lipinski definition) is 3. The summed E-state index contributed by atoms with van der Waals surface area (Å²) in [5, 5.41) is 7.10. The lowest BCUT2D eigenvalue weighted by Gasteiger charge is -2.17. The molecule has 5 nitrogen and oxygen atoms in total. The Labute approximate surface area is 189 Å². The van der Waals surface area contributed by atoms with Crippen LogP contribution in [0.3, 0.4) is 0 Å². The van der Waals surface area contributed by atoms with Crippen molar-refractivity contribution in [3.63, 3.8) is 0 Å². The first-order chi connectivity index (χ1) is 15.5. The molecule has 3 aromatic carbocycles. The fourth-order valence-electron chi connectivity index (χ4n) is 3.47. The fourth-order valence-corrected chi connectivity index (χ4v) is 3.47. The first-order valence-corrected chi connectivity index (χ1v) is 10.8. The number of amides is 2. The van der Waals surface area contributed by atoms with Crippen LogP contribution in [-0.4, -0.2) is 24.1 Å². The lowest BCUT2D eigenvalue weighted by atomic mass is 9.90. The topological polar surface area (TPSA) is 70.6 Å². The minimum atomic E-state index is -0.491. The first-order valence-electron chi connectivity index (χ1n) is 10.8. The van der Waals surface area contributed by atoms with E-state index in [0.717, 1.165) is 28.8 Å². The third kappa shape index (κ3) is 6.64. The molecule has 0 radical (unpaired) electrons. The highest BCUT2D eigenvalue weighted by Crippen LogP contribution is 2.24. The van der Waals surface area contributed by atoms with Gasteiger partial charge >= 0.3 is 0 Å². The molecule has 0 aromatic heterocycles. The molecule has 5 heteroatoms. The van der Waals surface area contributed by atoms with Crippen molar-refractivity contribution in [2.45, 2.75) is 26.2 Å². The molecule has 0 fully saturated rings. The van der Waals surface area contributed by atoms with Gasteiger partial charge in [-0.05, 0) is 29.0 Å². The second-order valence-electron chi connectivity index (χ2n) is 8.03. The van der Waals surface area contributed by atoms with Gasteiger partial charge in [-0.2, -0.15) is 5.10 Å². The number of hydrogen-bond donors (Lipinski definition) is 2. The predicted molar refractivity (Wildman–Crippen MR) is 128 cm³/mol. The van der Waals surface area contributed by atoms with E-state index in [4.69, 9.17) is 0 Å². The second-order valence-corrected chi connectivity index (χ2v) is 8.03.